The first-order chi connectivity index (χ1) is 10.6. The van der Waals surface area contributed by atoms with E-state index in [4.69, 9.17) is 16.3 Å². The number of nitrogens with one attached hydrogen (secondary N) is 2. The lowest BCUT2D eigenvalue weighted by atomic mass is 10.2. The van der Waals surface area contributed by atoms with Gasteiger partial charge in [0.1, 0.15) is 5.75 Å². The molecule has 0 radical (unpaired) electrons. The van der Waals surface area contributed by atoms with Gasteiger partial charge in [0.05, 0.1) is 7.11 Å². The zero-order valence-corrected chi connectivity index (χ0v) is 13.4. The van der Waals surface area contributed by atoms with Gasteiger partial charge in [-0.25, -0.2) is 0 Å². The molecule has 0 aromatic heterocycles. The van der Waals surface area contributed by atoms with Crippen LogP contribution in [0.15, 0.2) is 42.5 Å². The Morgan fingerprint density at radius 2 is 2.00 bits per heavy atom. The predicted octanol–water partition coefficient (Wildman–Crippen LogP) is 4.10. The number of hydrogen-bond acceptors (Lipinski definition) is 3. The second-order valence-electron chi connectivity index (χ2n) is 4.87. The minimum atomic E-state index is -0.0548. The standard InChI is InChI=1S/C17H19ClN2O2/c1-12-15(18)7-4-8-16(12)20-17(21)9-10-19-13-5-3-6-14(11-13)22-2/h3-8,11,19H,9-10H2,1-2H3,(H,20,21). The molecule has 2 N–H and O–H groups in total. The molecule has 1 amide bonds. The van der Waals surface area contributed by atoms with Crippen LogP contribution in [0.2, 0.25) is 5.02 Å². The second-order valence-corrected chi connectivity index (χ2v) is 5.28. The molecule has 0 fully saturated rings. The zero-order chi connectivity index (χ0) is 15.9. The lowest BCUT2D eigenvalue weighted by Crippen LogP contribution is -2.16. The van der Waals surface area contributed by atoms with Gasteiger partial charge in [0.25, 0.3) is 0 Å². The summed E-state index contributed by atoms with van der Waals surface area (Å²) >= 11 is 6.03. The van der Waals surface area contributed by atoms with E-state index in [0.717, 1.165) is 22.7 Å². The molecule has 2 rings (SSSR count). The number of methoxy groups -OCH3 is 1. The maximum Gasteiger partial charge on any atom is 0.226 e. The quantitative estimate of drug-likeness (QED) is 0.843. The van der Waals surface area contributed by atoms with E-state index in [2.05, 4.69) is 10.6 Å². The number of ether oxygens (including phenoxy) is 1. The molecule has 4 nitrogen and oxygen atoms in total. The van der Waals surface area contributed by atoms with Crippen molar-refractivity contribution in [2.24, 2.45) is 0 Å². The van der Waals surface area contributed by atoms with Gasteiger partial charge in [0.15, 0.2) is 0 Å². The van der Waals surface area contributed by atoms with E-state index in [1.54, 1.807) is 13.2 Å². The Bertz CT molecular complexity index is 659. The maximum atomic E-state index is 12.0. The van der Waals surface area contributed by atoms with E-state index >= 15 is 0 Å². The fourth-order valence-corrected chi connectivity index (χ4v) is 2.18. The molecule has 0 unspecified atom stereocenters. The summed E-state index contributed by atoms with van der Waals surface area (Å²) in [6.07, 6.45) is 0.364. The smallest absolute Gasteiger partial charge is 0.226 e. The molecule has 5 heteroatoms. The van der Waals surface area contributed by atoms with Gasteiger partial charge in [-0.2, -0.15) is 0 Å². The number of carbonyl (C=O) groups excluding carboxylic acids is 1. The van der Waals surface area contributed by atoms with E-state index in [1.165, 1.54) is 0 Å². The molecular weight excluding hydrogens is 300 g/mol. The van der Waals surface area contributed by atoms with Crippen LogP contribution in [0.3, 0.4) is 0 Å². The normalized spacial score (nSPS) is 10.1. The average molecular weight is 319 g/mol. The third kappa shape index (κ3) is 4.40. The lowest BCUT2D eigenvalue weighted by molar-refractivity contribution is -0.115. The Kier molecular flexibility index (Phi) is 5.67. The fourth-order valence-electron chi connectivity index (χ4n) is 2.01. The summed E-state index contributed by atoms with van der Waals surface area (Å²) in [5.41, 5.74) is 2.54. The highest BCUT2D eigenvalue weighted by Crippen LogP contribution is 2.23. The van der Waals surface area contributed by atoms with Crippen LogP contribution in [0.25, 0.3) is 0 Å². The molecule has 0 aliphatic heterocycles. The van der Waals surface area contributed by atoms with Crippen LogP contribution >= 0.6 is 11.6 Å². The van der Waals surface area contributed by atoms with Gasteiger partial charge in [-0.3, -0.25) is 4.79 Å². The van der Waals surface area contributed by atoms with Gasteiger partial charge >= 0.3 is 0 Å². The molecule has 2 aromatic carbocycles. The van der Waals surface area contributed by atoms with Gasteiger partial charge in [0.2, 0.25) is 5.91 Å². The van der Waals surface area contributed by atoms with Crippen LogP contribution in [0.5, 0.6) is 5.75 Å². The van der Waals surface area contributed by atoms with Gasteiger partial charge in [-0.05, 0) is 36.8 Å². The predicted molar refractivity (Wildman–Crippen MR) is 90.9 cm³/mol. The van der Waals surface area contributed by atoms with Crippen LogP contribution < -0.4 is 15.4 Å². The molecule has 0 aliphatic rings. The summed E-state index contributed by atoms with van der Waals surface area (Å²) in [4.78, 5) is 12.0. The number of rotatable bonds is 6. The molecular formula is C17H19ClN2O2. The number of benzene rings is 2. The number of amides is 1. The van der Waals surface area contributed by atoms with Crippen LogP contribution in [-0.4, -0.2) is 19.6 Å². The third-order valence-electron chi connectivity index (χ3n) is 3.29. The highest BCUT2D eigenvalue weighted by Gasteiger charge is 2.06. The van der Waals surface area contributed by atoms with Crippen LogP contribution in [0.1, 0.15) is 12.0 Å². The summed E-state index contributed by atoms with van der Waals surface area (Å²) in [5.74, 6) is 0.727. The Balaban J connectivity index is 1.84. The van der Waals surface area contributed by atoms with Gasteiger partial charge in [0, 0.05) is 35.4 Å². The van der Waals surface area contributed by atoms with Gasteiger partial charge < -0.3 is 15.4 Å². The second kappa shape index (κ2) is 7.71. The zero-order valence-electron chi connectivity index (χ0n) is 12.7. The molecule has 0 atom stereocenters. The van der Waals surface area contributed by atoms with Crippen molar-refractivity contribution in [3.8, 4) is 5.75 Å². The molecule has 22 heavy (non-hydrogen) atoms. The summed E-state index contributed by atoms with van der Waals surface area (Å²) in [7, 11) is 1.62. The van der Waals surface area contributed by atoms with E-state index in [-0.39, 0.29) is 5.91 Å². The van der Waals surface area contributed by atoms with Crippen molar-refractivity contribution in [2.75, 3.05) is 24.3 Å². The Hall–Kier alpha value is -2.20. The summed E-state index contributed by atoms with van der Waals surface area (Å²) in [5, 5.41) is 6.71. The third-order valence-corrected chi connectivity index (χ3v) is 3.70. The number of hydrogen-bond donors (Lipinski definition) is 2. The SMILES string of the molecule is COc1cccc(NCCC(=O)Nc2cccc(Cl)c2C)c1. The van der Waals surface area contributed by atoms with Crippen molar-refractivity contribution in [3.63, 3.8) is 0 Å². The number of anilines is 2. The number of carbonyl (C=O) groups is 1. The summed E-state index contributed by atoms with van der Waals surface area (Å²) in [6.45, 7) is 2.42. The van der Waals surface area contributed by atoms with Crippen LogP contribution in [0, 0.1) is 6.92 Å². The van der Waals surface area contributed by atoms with E-state index in [9.17, 15) is 4.79 Å². The minimum Gasteiger partial charge on any atom is -0.497 e. The lowest BCUT2D eigenvalue weighted by Gasteiger charge is -2.10. The summed E-state index contributed by atoms with van der Waals surface area (Å²) in [6, 6.07) is 13.1. The van der Waals surface area contributed by atoms with E-state index in [0.29, 0.717) is 18.0 Å². The Morgan fingerprint density at radius 3 is 2.77 bits per heavy atom. The van der Waals surface area contributed by atoms with Crippen molar-refractivity contribution >= 4 is 28.9 Å². The first-order valence-corrected chi connectivity index (χ1v) is 7.41. The van der Waals surface area contributed by atoms with Gasteiger partial charge in [-0.1, -0.05) is 23.7 Å². The highest BCUT2D eigenvalue weighted by molar-refractivity contribution is 6.31. The average Bonchev–Trinajstić information content (AvgIpc) is 2.52. The van der Waals surface area contributed by atoms with E-state index in [1.807, 2.05) is 43.3 Å². The topological polar surface area (TPSA) is 50.4 Å². The van der Waals surface area contributed by atoms with Crippen LogP contribution in [0.4, 0.5) is 11.4 Å². The molecule has 0 saturated heterocycles. The van der Waals surface area contributed by atoms with Crippen molar-refractivity contribution < 1.29 is 9.53 Å². The first kappa shape index (κ1) is 16.2. The van der Waals surface area contributed by atoms with Crippen LogP contribution in [-0.2, 0) is 4.79 Å². The first-order valence-electron chi connectivity index (χ1n) is 7.03. The molecule has 116 valence electrons. The molecule has 0 saturated carbocycles. The monoisotopic (exact) mass is 318 g/mol. The minimum absolute atomic E-state index is 0.0548. The van der Waals surface area contributed by atoms with Crippen molar-refractivity contribution in [2.45, 2.75) is 13.3 Å². The summed E-state index contributed by atoms with van der Waals surface area (Å²) < 4.78 is 5.15. The molecule has 0 spiro atoms. The maximum absolute atomic E-state index is 12.0. The number of halogens is 1. The van der Waals surface area contributed by atoms with E-state index < -0.39 is 0 Å². The molecule has 0 bridgehead atoms. The van der Waals surface area contributed by atoms with Crippen molar-refractivity contribution in [1.29, 1.82) is 0 Å². The highest BCUT2D eigenvalue weighted by atomic mass is 35.5. The molecule has 0 aliphatic carbocycles. The fraction of sp³-hybridized carbons (Fsp3) is 0.235. The molecule has 2 aromatic rings. The van der Waals surface area contributed by atoms with Gasteiger partial charge in [-0.15, -0.1) is 0 Å². The Morgan fingerprint density at radius 1 is 1.23 bits per heavy atom. The van der Waals surface area contributed by atoms with Crippen molar-refractivity contribution in [3.05, 3.63) is 53.1 Å². The molecule has 0 heterocycles. The van der Waals surface area contributed by atoms with Crippen molar-refractivity contribution in [1.82, 2.24) is 0 Å². The largest absolute Gasteiger partial charge is 0.497 e. The Labute approximate surface area is 135 Å².